The van der Waals surface area contributed by atoms with Crippen LogP contribution in [0.1, 0.15) is 30.4 Å². The van der Waals surface area contributed by atoms with Crippen molar-refractivity contribution in [3.63, 3.8) is 0 Å². The van der Waals surface area contributed by atoms with Crippen LogP contribution in [0.4, 0.5) is 19.0 Å². The molecule has 2 atom stereocenters. The highest BCUT2D eigenvalue weighted by atomic mass is 19.1. The van der Waals surface area contributed by atoms with Gasteiger partial charge in [-0.25, -0.2) is 13.2 Å². The molecule has 2 aliphatic heterocycles. The Morgan fingerprint density at radius 3 is 2.93 bits per heavy atom. The number of hydrogen-bond donors (Lipinski definition) is 2. The smallest absolute Gasteiger partial charge is 0.319 e. The summed E-state index contributed by atoms with van der Waals surface area (Å²) < 4.78 is 56.8. The summed E-state index contributed by atoms with van der Waals surface area (Å²) in [7, 11) is 0. The SMILES string of the molecule is C#Cc1c(F)ccc2cc(O)cc(-c3ncc4c(NCc5ccoc5)nc(OC[C@@]56CCCN5C[C@H](F)C6)nc4c3F)c12. The van der Waals surface area contributed by atoms with Gasteiger partial charge in [0.15, 0.2) is 5.82 Å². The lowest BCUT2D eigenvalue weighted by Gasteiger charge is -2.30. The van der Waals surface area contributed by atoms with Crippen molar-refractivity contribution in [2.24, 2.45) is 0 Å². The van der Waals surface area contributed by atoms with Crippen LogP contribution in [0.3, 0.4) is 0 Å². The molecule has 5 aromatic rings. The molecule has 2 saturated heterocycles. The minimum absolute atomic E-state index is 0.0777. The van der Waals surface area contributed by atoms with Gasteiger partial charge in [-0.1, -0.05) is 12.0 Å². The van der Waals surface area contributed by atoms with Crippen LogP contribution in [0.2, 0.25) is 0 Å². The van der Waals surface area contributed by atoms with Crippen LogP contribution in [0, 0.1) is 24.0 Å². The summed E-state index contributed by atoms with van der Waals surface area (Å²) in [6, 6.07) is 7.05. The van der Waals surface area contributed by atoms with Crippen LogP contribution in [-0.4, -0.2) is 56.4 Å². The Labute approximate surface area is 244 Å². The highest BCUT2D eigenvalue weighted by molar-refractivity contribution is 6.02. The minimum atomic E-state index is -0.936. The monoisotopic (exact) mass is 585 g/mol. The third-order valence-corrected chi connectivity index (χ3v) is 8.39. The highest BCUT2D eigenvalue weighted by Crippen LogP contribution is 2.41. The predicted molar refractivity (Wildman–Crippen MR) is 154 cm³/mol. The second-order valence-corrected chi connectivity index (χ2v) is 11.0. The molecule has 2 N–H and O–H groups in total. The van der Waals surface area contributed by atoms with Gasteiger partial charge in [0.2, 0.25) is 0 Å². The normalized spacial score (nSPS) is 20.0. The molecule has 5 heterocycles. The maximum atomic E-state index is 16.5. The number of hydrogen-bond acceptors (Lipinski definition) is 8. The zero-order valence-electron chi connectivity index (χ0n) is 22.9. The lowest BCUT2D eigenvalue weighted by molar-refractivity contribution is 0.107. The van der Waals surface area contributed by atoms with E-state index < -0.39 is 23.3 Å². The molecular weight excluding hydrogens is 559 g/mol. The number of ether oxygens (including phenoxy) is 1. The van der Waals surface area contributed by atoms with Crippen molar-refractivity contribution in [2.75, 3.05) is 25.0 Å². The van der Waals surface area contributed by atoms with E-state index in [1.54, 1.807) is 12.3 Å². The Balaban J connectivity index is 1.35. The zero-order chi connectivity index (χ0) is 29.7. The molecular formula is C32H26F3N5O3. The van der Waals surface area contributed by atoms with Gasteiger partial charge in [0, 0.05) is 42.2 Å². The summed E-state index contributed by atoms with van der Waals surface area (Å²) in [5.74, 6) is 0.944. The Morgan fingerprint density at radius 2 is 2.12 bits per heavy atom. The van der Waals surface area contributed by atoms with Crippen LogP contribution in [0.5, 0.6) is 11.8 Å². The lowest BCUT2D eigenvalue weighted by atomic mass is 9.95. The number of halogens is 3. The second-order valence-electron chi connectivity index (χ2n) is 11.0. The van der Waals surface area contributed by atoms with E-state index in [1.807, 2.05) is 0 Å². The molecule has 218 valence electrons. The van der Waals surface area contributed by atoms with Crippen LogP contribution in [-0.2, 0) is 6.54 Å². The van der Waals surface area contributed by atoms with Crippen LogP contribution >= 0.6 is 0 Å². The molecule has 43 heavy (non-hydrogen) atoms. The summed E-state index contributed by atoms with van der Waals surface area (Å²) >= 11 is 0. The van der Waals surface area contributed by atoms with Crippen LogP contribution in [0.15, 0.2) is 53.5 Å². The van der Waals surface area contributed by atoms with E-state index >= 15 is 4.39 Å². The van der Waals surface area contributed by atoms with Gasteiger partial charge in [0.25, 0.3) is 0 Å². The molecule has 0 bridgehead atoms. The lowest BCUT2D eigenvalue weighted by Crippen LogP contribution is -2.43. The number of pyridine rings is 1. The number of alkyl halides is 1. The molecule has 2 aromatic carbocycles. The quantitative estimate of drug-likeness (QED) is 0.226. The first kappa shape index (κ1) is 27.0. The van der Waals surface area contributed by atoms with Crippen molar-refractivity contribution in [3.05, 3.63) is 71.8 Å². The van der Waals surface area contributed by atoms with Crippen molar-refractivity contribution in [3.8, 4) is 35.4 Å². The van der Waals surface area contributed by atoms with Crippen molar-refractivity contribution >= 4 is 27.5 Å². The zero-order valence-corrected chi connectivity index (χ0v) is 22.9. The number of nitrogens with zero attached hydrogens (tertiary/aromatic N) is 4. The predicted octanol–water partition coefficient (Wildman–Crippen LogP) is 5.97. The highest BCUT2D eigenvalue weighted by Gasteiger charge is 2.49. The Kier molecular flexibility index (Phi) is 6.58. The molecule has 3 aromatic heterocycles. The number of furan rings is 1. The van der Waals surface area contributed by atoms with Crippen molar-refractivity contribution < 1.29 is 27.4 Å². The first-order valence-corrected chi connectivity index (χ1v) is 13.9. The molecule has 0 unspecified atom stereocenters. The van der Waals surface area contributed by atoms with E-state index in [-0.39, 0.29) is 57.3 Å². The van der Waals surface area contributed by atoms with E-state index in [4.69, 9.17) is 15.6 Å². The molecule has 0 aliphatic carbocycles. The summed E-state index contributed by atoms with van der Waals surface area (Å²) in [6.07, 6.45) is 11.3. The second kappa shape index (κ2) is 10.5. The summed E-state index contributed by atoms with van der Waals surface area (Å²) in [6.45, 7) is 1.62. The van der Waals surface area contributed by atoms with Crippen LogP contribution < -0.4 is 10.1 Å². The minimum Gasteiger partial charge on any atom is -0.508 e. The first-order chi connectivity index (χ1) is 20.8. The number of nitrogens with one attached hydrogen (secondary N) is 1. The molecule has 0 spiro atoms. The van der Waals surface area contributed by atoms with Gasteiger partial charge in [-0.05, 0) is 49.0 Å². The largest absolute Gasteiger partial charge is 0.508 e. The standard InChI is InChI=1S/C32H26F3N5O3/c1-2-22-25(34)5-4-19-10-21(41)11-23(26(19)22)28-27(35)29-24(14-36-28)30(37-13-18-6-9-42-16-18)39-31(38-29)43-17-32-7-3-8-40(32)15-20(33)12-32/h1,4-6,9-11,14,16,20,41H,3,7-8,12-13,15,17H2,(H,37,38,39)/t20-,32+/m1/s1. The molecule has 8 nitrogen and oxygen atoms in total. The maximum absolute atomic E-state index is 16.5. The number of aromatic hydroxyl groups is 1. The van der Waals surface area contributed by atoms with Crippen LogP contribution in [0.25, 0.3) is 32.9 Å². The van der Waals surface area contributed by atoms with Gasteiger partial charge >= 0.3 is 6.01 Å². The number of fused-ring (bicyclic) bond motifs is 3. The van der Waals surface area contributed by atoms with Gasteiger partial charge in [-0.3, -0.25) is 9.88 Å². The average Bonchev–Trinajstić information content (AvgIpc) is 3.72. The average molecular weight is 586 g/mol. The van der Waals surface area contributed by atoms with Crippen molar-refractivity contribution in [1.82, 2.24) is 19.9 Å². The Hall–Kier alpha value is -4.82. The fourth-order valence-electron chi connectivity index (χ4n) is 6.40. The molecule has 2 fully saturated rings. The van der Waals surface area contributed by atoms with E-state index in [1.165, 1.54) is 36.7 Å². The van der Waals surface area contributed by atoms with E-state index in [0.29, 0.717) is 24.9 Å². The first-order valence-electron chi connectivity index (χ1n) is 13.9. The van der Waals surface area contributed by atoms with E-state index in [2.05, 4.69) is 31.1 Å². The van der Waals surface area contributed by atoms with Gasteiger partial charge in [0.1, 0.15) is 41.4 Å². The van der Waals surface area contributed by atoms with Crippen molar-refractivity contribution in [2.45, 2.75) is 37.5 Å². The Bertz CT molecular complexity index is 1910. The number of anilines is 1. The summed E-state index contributed by atoms with van der Waals surface area (Å²) in [5, 5.41) is 14.5. The number of phenols is 1. The summed E-state index contributed by atoms with van der Waals surface area (Å²) in [5.41, 5.74) is 0.116. The number of rotatable bonds is 7. The molecule has 0 radical (unpaired) electrons. The summed E-state index contributed by atoms with van der Waals surface area (Å²) in [4.78, 5) is 15.4. The molecule has 7 rings (SSSR count). The third kappa shape index (κ3) is 4.68. The fourth-order valence-corrected chi connectivity index (χ4v) is 6.40. The van der Waals surface area contributed by atoms with Gasteiger partial charge < -0.3 is 19.6 Å². The van der Waals surface area contributed by atoms with Crippen molar-refractivity contribution in [1.29, 1.82) is 0 Å². The van der Waals surface area contributed by atoms with E-state index in [9.17, 15) is 13.9 Å². The number of aromatic nitrogens is 3. The molecule has 0 amide bonds. The third-order valence-electron chi connectivity index (χ3n) is 8.39. The fraction of sp³-hybridized carbons (Fsp3) is 0.281. The Morgan fingerprint density at radius 1 is 1.23 bits per heavy atom. The number of terminal acetylenes is 1. The van der Waals surface area contributed by atoms with Gasteiger partial charge in [-0.15, -0.1) is 6.42 Å². The maximum Gasteiger partial charge on any atom is 0.319 e. The van der Waals surface area contributed by atoms with Gasteiger partial charge in [0.05, 0.1) is 29.0 Å². The number of phenolic OH excluding ortho intramolecular Hbond substituents is 1. The van der Waals surface area contributed by atoms with Gasteiger partial charge in [-0.2, -0.15) is 9.97 Å². The number of benzene rings is 2. The topological polar surface area (TPSA) is 96.5 Å². The van der Waals surface area contributed by atoms with E-state index in [0.717, 1.165) is 24.9 Å². The molecule has 11 heteroatoms. The molecule has 0 saturated carbocycles. The molecule has 2 aliphatic rings.